The van der Waals surface area contributed by atoms with Gasteiger partial charge in [-0.05, 0) is 38.1 Å². The van der Waals surface area contributed by atoms with E-state index < -0.39 is 5.60 Å². The van der Waals surface area contributed by atoms with Crippen molar-refractivity contribution in [1.82, 2.24) is 15.2 Å². The Morgan fingerprint density at radius 2 is 1.92 bits per heavy atom. The van der Waals surface area contributed by atoms with Gasteiger partial charge < -0.3 is 24.3 Å². The van der Waals surface area contributed by atoms with E-state index in [0.29, 0.717) is 19.1 Å². The molecule has 0 spiro atoms. The lowest BCUT2D eigenvalue weighted by atomic mass is 9.90. The third-order valence-electron chi connectivity index (χ3n) is 5.31. The lowest BCUT2D eigenvalue weighted by molar-refractivity contribution is -0.158. The van der Waals surface area contributed by atoms with Crippen LogP contribution >= 0.6 is 0 Å². The van der Waals surface area contributed by atoms with Crippen LogP contribution in [0.1, 0.15) is 12.8 Å². The molecule has 1 aromatic carbocycles. The number of ether oxygens (including phenoxy) is 1. The highest BCUT2D eigenvalue weighted by atomic mass is 16.5. The van der Waals surface area contributed by atoms with Crippen molar-refractivity contribution in [1.29, 1.82) is 0 Å². The van der Waals surface area contributed by atoms with E-state index in [1.807, 2.05) is 29.2 Å². The average Bonchev–Trinajstić information content (AvgIpc) is 3.12. The number of piperazine rings is 1. The molecule has 1 aromatic heterocycles. The SMILES string of the molecule is COC1(C(=O)N2CCN(c3nc4ccccc4o3)CC2)CCNCC1. The average molecular weight is 344 g/mol. The molecule has 7 nitrogen and oxygen atoms in total. The van der Waals surface area contributed by atoms with E-state index in [0.717, 1.165) is 50.1 Å². The van der Waals surface area contributed by atoms with Crippen molar-refractivity contribution in [2.24, 2.45) is 0 Å². The second kappa shape index (κ2) is 6.65. The summed E-state index contributed by atoms with van der Waals surface area (Å²) in [5.74, 6) is 0.119. The predicted octanol–water partition coefficient (Wildman–Crippen LogP) is 1.24. The van der Waals surface area contributed by atoms with Crippen molar-refractivity contribution in [3.05, 3.63) is 24.3 Å². The van der Waals surface area contributed by atoms with Gasteiger partial charge in [0.15, 0.2) is 5.58 Å². The zero-order valence-electron chi connectivity index (χ0n) is 14.5. The molecule has 2 aromatic rings. The Hall–Kier alpha value is -2.12. The Morgan fingerprint density at radius 1 is 1.20 bits per heavy atom. The van der Waals surface area contributed by atoms with Crippen molar-refractivity contribution in [2.75, 3.05) is 51.3 Å². The maximum absolute atomic E-state index is 13.0. The second-order valence-electron chi connectivity index (χ2n) is 6.69. The van der Waals surface area contributed by atoms with Gasteiger partial charge in [0.05, 0.1) is 0 Å². The van der Waals surface area contributed by atoms with Gasteiger partial charge in [0.1, 0.15) is 11.1 Å². The first-order valence-electron chi connectivity index (χ1n) is 8.88. The van der Waals surface area contributed by atoms with Crippen LogP contribution in [0.2, 0.25) is 0 Å². The summed E-state index contributed by atoms with van der Waals surface area (Å²) in [4.78, 5) is 21.6. The largest absolute Gasteiger partial charge is 0.423 e. The number of benzene rings is 1. The van der Waals surface area contributed by atoms with Crippen LogP contribution < -0.4 is 10.2 Å². The fourth-order valence-corrected chi connectivity index (χ4v) is 3.72. The number of hydrogen-bond acceptors (Lipinski definition) is 6. The van der Waals surface area contributed by atoms with Crippen LogP contribution in [0.3, 0.4) is 0 Å². The Morgan fingerprint density at radius 3 is 2.60 bits per heavy atom. The molecule has 2 fully saturated rings. The first-order chi connectivity index (χ1) is 12.2. The molecule has 1 N–H and O–H groups in total. The summed E-state index contributed by atoms with van der Waals surface area (Å²) in [6, 6.07) is 8.40. The zero-order valence-corrected chi connectivity index (χ0v) is 14.5. The number of nitrogens with one attached hydrogen (secondary N) is 1. The fraction of sp³-hybridized carbons (Fsp3) is 0.556. The van der Waals surface area contributed by atoms with Crippen molar-refractivity contribution < 1.29 is 13.9 Å². The Labute approximate surface area is 146 Å². The molecular weight excluding hydrogens is 320 g/mol. The summed E-state index contributed by atoms with van der Waals surface area (Å²) in [5, 5.41) is 3.29. The van der Waals surface area contributed by atoms with Gasteiger partial charge in [0.25, 0.3) is 11.9 Å². The number of nitrogens with zero attached hydrogens (tertiary/aromatic N) is 3. The Balaban J connectivity index is 1.43. The molecule has 0 bridgehead atoms. The molecule has 0 unspecified atom stereocenters. The molecule has 0 atom stereocenters. The van der Waals surface area contributed by atoms with Crippen molar-refractivity contribution in [2.45, 2.75) is 18.4 Å². The predicted molar refractivity (Wildman–Crippen MR) is 94.6 cm³/mol. The van der Waals surface area contributed by atoms with E-state index in [1.54, 1.807) is 7.11 Å². The molecule has 134 valence electrons. The molecule has 7 heteroatoms. The van der Waals surface area contributed by atoms with Gasteiger partial charge >= 0.3 is 0 Å². The molecule has 2 aliphatic heterocycles. The summed E-state index contributed by atoms with van der Waals surface area (Å²) >= 11 is 0. The Bertz CT molecular complexity index is 713. The van der Waals surface area contributed by atoms with Gasteiger partial charge in [0, 0.05) is 33.3 Å². The number of hydrogen-bond donors (Lipinski definition) is 1. The molecule has 3 heterocycles. The molecule has 2 aliphatic rings. The molecule has 0 radical (unpaired) electrons. The number of anilines is 1. The smallest absolute Gasteiger partial charge is 0.298 e. The van der Waals surface area contributed by atoms with Crippen LogP contribution in [0.25, 0.3) is 11.1 Å². The van der Waals surface area contributed by atoms with E-state index >= 15 is 0 Å². The highest BCUT2D eigenvalue weighted by molar-refractivity contribution is 5.85. The van der Waals surface area contributed by atoms with E-state index in [9.17, 15) is 4.79 Å². The number of carbonyl (C=O) groups excluding carboxylic acids is 1. The lowest BCUT2D eigenvalue weighted by Gasteiger charge is -2.41. The quantitative estimate of drug-likeness (QED) is 0.903. The van der Waals surface area contributed by atoms with Gasteiger partial charge in [0.2, 0.25) is 0 Å². The van der Waals surface area contributed by atoms with Crippen LogP contribution in [0.15, 0.2) is 28.7 Å². The maximum atomic E-state index is 13.0. The summed E-state index contributed by atoms with van der Waals surface area (Å²) in [7, 11) is 1.65. The first-order valence-corrected chi connectivity index (χ1v) is 8.88. The van der Waals surface area contributed by atoms with Crippen LogP contribution in [0.4, 0.5) is 6.01 Å². The minimum Gasteiger partial charge on any atom is -0.423 e. The van der Waals surface area contributed by atoms with E-state index in [1.165, 1.54) is 0 Å². The number of amides is 1. The van der Waals surface area contributed by atoms with Crippen LogP contribution in [-0.2, 0) is 9.53 Å². The standard InChI is InChI=1S/C18H24N4O3/c1-24-18(6-8-19-9-7-18)16(23)21-10-12-22(13-11-21)17-20-14-4-2-3-5-15(14)25-17/h2-5,19H,6-13H2,1H3. The highest BCUT2D eigenvalue weighted by Crippen LogP contribution is 2.27. The zero-order chi connectivity index (χ0) is 17.3. The minimum absolute atomic E-state index is 0.119. The number of methoxy groups -OCH3 is 1. The number of aromatic nitrogens is 1. The van der Waals surface area contributed by atoms with Crippen LogP contribution in [0, 0.1) is 0 Å². The molecular formula is C18H24N4O3. The number of oxazole rings is 1. The first kappa shape index (κ1) is 16.4. The van der Waals surface area contributed by atoms with Crippen molar-refractivity contribution in [3.63, 3.8) is 0 Å². The van der Waals surface area contributed by atoms with E-state index in [-0.39, 0.29) is 5.91 Å². The molecule has 1 amide bonds. The second-order valence-corrected chi connectivity index (χ2v) is 6.69. The number of para-hydroxylation sites is 2. The molecule has 2 saturated heterocycles. The monoisotopic (exact) mass is 344 g/mol. The maximum Gasteiger partial charge on any atom is 0.298 e. The van der Waals surface area contributed by atoms with E-state index in [2.05, 4.69) is 15.2 Å². The fourth-order valence-electron chi connectivity index (χ4n) is 3.72. The van der Waals surface area contributed by atoms with Gasteiger partial charge in [-0.15, -0.1) is 0 Å². The van der Waals surface area contributed by atoms with E-state index in [4.69, 9.17) is 9.15 Å². The van der Waals surface area contributed by atoms with Gasteiger partial charge in [-0.3, -0.25) is 4.79 Å². The number of rotatable bonds is 3. The van der Waals surface area contributed by atoms with Gasteiger partial charge in [-0.2, -0.15) is 4.98 Å². The summed E-state index contributed by atoms with van der Waals surface area (Å²) in [6.45, 7) is 4.41. The molecule has 25 heavy (non-hydrogen) atoms. The number of carbonyl (C=O) groups is 1. The molecule has 0 aliphatic carbocycles. The van der Waals surface area contributed by atoms with Crippen LogP contribution in [0.5, 0.6) is 0 Å². The van der Waals surface area contributed by atoms with Gasteiger partial charge in [-0.25, -0.2) is 0 Å². The molecule has 4 rings (SSSR count). The molecule has 0 saturated carbocycles. The summed E-state index contributed by atoms with van der Waals surface area (Å²) in [5.41, 5.74) is 0.999. The topological polar surface area (TPSA) is 70.8 Å². The van der Waals surface area contributed by atoms with Crippen molar-refractivity contribution >= 4 is 23.0 Å². The number of piperidine rings is 1. The third kappa shape index (κ3) is 2.98. The Kier molecular flexibility index (Phi) is 4.35. The van der Waals surface area contributed by atoms with Gasteiger partial charge in [-0.1, -0.05) is 12.1 Å². The normalized spacial score (nSPS) is 20.8. The third-order valence-corrected chi connectivity index (χ3v) is 5.31. The summed E-state index contributed by atoms with van der Waals surface area (Å²) in [6.07, 6.45) is 1.46. The number of fused-ring (bicyclic) bond motifs is 1. The highest BCUT2D eigenvalue weighted by Gasteiger charge is 2.43. The summed E-state index contributed by atoms with van der Waals surface area (Å²) < 4.78 is 11.5. The lowest BCUT2D eigenvalue weighted by Crippen LogP contribution is -2.59. The van der Waals surface area contributed by atoms with Crippen molar-refractivity contribution in [3.8, 4) is 0 Å². The minimum atomic E-state index is -0.662. The van der Waals surface area contributed by atoms with Crippen LogP contribution in [-0.4, -0.2) is 67.8 Å².